The van der Waals surface area contributed by atoms with E-state index in [4.69, 9.17) is 14.2 Å². The Balaban J connectivity index is 4.29. The fraction of sp³-hybridized carbons (Fsp3) is 0.819. The van der Waals surface area contributed by atoms with Crippen molar-refractivity contribution in [1.29, 1.82) is 0 Å². The molecule has 1 atom stereocenters. The van der Waals surface area contributed by atoms with Gasteiger partial charge in [-0.25, -0.2) is 0 Å². The van der Waals surface area contributed by atoms with Gasteiger partial charge in [-0.2, -0.15) is 0 Å². The summed E-state index contributed by atoms with van der Waals surface area (Å²) in [5.74, 6) is -0.881. The smallest absolute Gasteiger partial charge is 0.306 e. The number of carbonyl (C=O) groups excluding carboxylic acids is 3. The summed E-state index contributed by atoms with van der Waals surface area (Å²) >= 11 is 0. The minimum Gasteiger partial charge on any atom is -0.462 e. The van der Waals surface area contributed by atoms with Gasteiger partial charge in [-0.05, 0) is 83.5 Å². The van der Waals surface area contributed by atoms with E-state index in [9.17, 15) is 14.4 Å². The maximum Gasteiger partial charge on any atom is 0.306 e. The molecule has 6 nitrogen and oxygen atoms in total. The maximum absolute atomic E-state index is 12.9. The zero-order valence-electron chi connectivity index (χ0n) is 52.2. The molecule has 0 aliphatic carbocycles. The van der Waals surface area contributed by atoms with Crippen molar-refractivity contribution in [2.45, 2.75) is 367 Å². The molecule has 0 rings (SSSR count). The first-order chi connectivity index (χ1) is 38.5. The fourth-order valence-electron chi connectivity index (χ4n) is 10.1. The number of esters is 3. The Morgan fingerprint density at radius 3 is 0.795 bits per heavy atom. The van der Waals surface area contributed by atoms with Gasteiger partial charge >= 0.3 is 17.9 Å². The Morgan fingerprint density at radius 2 is 0.500 bits per heavy atom. The average molecular weight is 1090 g/mol. The van der Waals surface area contributed by atoms with E-state index in [1.807, 2.05) is 0 Å². The summed E-state index contributed by atoms with van der Waals surface area (Å²) in [7, 11) is 0. The van der Waals surface area contributed by atoms with Crippen LogP contribution < -0.4 is 0 Å². The van der Waals surface area contributed by atoms with Crippen LogP contribution in [0.4, 0.5) is 0 Å². The van der Waals surface area contributed by atoms with Crippen molar-refractivity contribution in [3.8, 4) is 0 Å². The summed E-state index contributed by atoms with van der Waals surface area (Å²) < 4.78 is 17.0. The molecule has 0 saturated carbocycles. The third-order valence-corrected chi connectivity index (χ3v) is 15.3. The second-order valence-corrected chi connectivity index (χ2v) is 23.1. The van der Waals surface area contributed by atoms with Crippen LogP contribution in [0.25, 0.3) is 0 Å². The second kappa shape index (κ2) is 66.6. The van der Waals surface area contributed by atoms with Gasteiger partial charge in [0.05, 0.1) is 0 Å². The van der Waals surface area contributed by atoms with Crippen molar-refractivity contribution >= 4 is 17.9 Å². The summed E-state index contributed by atoms with van der Waals surface area (Å²) in [6.07, 6.45) is 85.3. The molecular weight excluding hydrogens is 961 g/mol. The van der Waals surface area contributed by atoms with E-state index >= 15 is 0 Å². The van der Waals surface area contributed by atoms with Crippen molar-refractivity contribution in [2.75, 3.05) is 13.2 Å². The zero-order valence-corrected chi connectivity index (χ0v) is 52.2. The van der Waals surface area contributed by atoms with Crippen LogP contribution in [-0.2, 0) is 28.6 Å². The van der Waals surface area contributed by atoms with Crippen LogP contribution in [-0.4, -0.2) is 37.2 Å². The summed E-state index contributed by atoms with van der Waals surface area (Å²) in [5.41, 5.74) is 0. The largest absolute Gasteiger partial charge is 0.462 e. The molecule has 0 radical (unpaired) electrons. The quantitative estimate of drug-likeness (QED) is 0.0261. The topological polar surface area (TPSA) is 78.9 Å². The predicted octanol–water partition coefficient (Wildman–Crippen LogP) is 23.5. The third-order valence-electron chi connectivity index (χ3n) is 15.3. The molecule has 0 aromatic rings. The molecule has 454 valence electrons. The summed E-state index contributed by atoms with van der Waals surface area (Å²) in [6.45, 7) is 6.56. The van der Waals surface area contributed by atoms with Crippen molar-refractivity contribution in [1.82, 2.24) is 0 Å². The number of rotatable bonds is 63. The minimum absolute atomic E-state index is 0.0794. The molecule has 0 heterocycles. The van der Waals surface area contributed by atoms with E-state index in [2.05, 4.69) is 81.5 Å². The Hall–Kier alpha value is -2.89. The van der Waals surface area contributed by atoms with Crippen LogP contribution in [0, 0.1) is 0 Å². The molecule has 0 amide bonds. The van der Waals surface area contributed by atoms with Gasteiger partial charge in [0, 0.05) is 19.3 Å². The molecule has 78 heavy (non-hydrogen) atoms. The van der Waals surface area contributed by atoms with E-state index < -0.39 is 6.10 Å². The van der Waals surface area contributed by atoms with E-state index in [1.165, 1.54) is 218 Å². The van der Waals surface area contributed by atoms with Crippen molar-refractivity contribution in [3.63, 3.8) is 0 Å². The monoisotopic (exact) mass is 1090 g/mol. The lowest BCUT2D eigenvalue weighted by atomic mass is 10.0. The van der Waals surface area contributed by atoms with E-state index in [0.29, 0.717) is 19.3 Å². The SMILES string of the molecule is CC/C=C\C/C=C\C/C=C\C/C=C\CCCCCCCCC(=O)OC(COC(=O)CCCCCCC/C=C\CCCCCCCC)COC(=O)CCCCCCCCCCCCCCCCCCCCCCCCCCCC. The highest BCUT2D eigenvalue weighted by Crippen LogP contribution is 2.18. The van der Waals surface area contributed by atoms with Crippen LogP contribution >= 0.6 is 0 Å². The Bertz CT molecular complexity index is 1390. The number of carbonyl (C=O) groups is 3. The predicted molar refractivity (Wildman–Crippen MR) is 339 cm³/mol. The average Bonchev–Trinajstić information content (AvgIpc) is 3.44. The molecular formula is C72H130O6. The van der Waals surface area contributed by atoms with Gasteiger partial charge < -0.3 is 14.2 Å². The van der Waals surface area contributed by atoms with Crippen LogP contribution in [0.2, 0.25) is 0 Å². The highest BCUT2D eigenvalue weighted by Gasteiger charge is 2.19. The van der Waals surface area contributed by atoms with Gasteiger partial charge in [0.2, 0.25) is 0 Å². The molecule has 0 aromatic carbocycles. The molecule has 0 aliphatic heterocycles. The number of hydrogen-bond acceptors (Lipinski definition) is 6. The summed E-state index contributed by atoms with van der Waals surface area (Å²) in [6, 6.07) is 0. The fourth-order valence-corrected chi connectivity index (χ4v) is 10.1. The van der Waals surface area contributed by atoms with E-state index in [-0.39, 0.29) is 31.1 Å². The molecule has 1 unspecified atom stereocenters. The minimum atomic E-state index is -0.785. The standard InChI is InChI=1S/C72H130O6/c1-4-7-10-13-16-19-22-25-28-30-32-33-34-35-36-37-38-40-41-44-47-50-53-56-59-62-65-71(74)77-68-69(67-76-70(73)64-61-58-55-52-49-46-43-27-24-21-18-15-12-9-6-3)78-72(75)66-63-60-57-54-51-48-45-42-39-31-29-26-23-20-17-14-11-8-5-2/h8,11,17,20,26-27,29,39,42-43,69H,4-7,9-10,12-16,18-19,21-25,28,30-38,40-41,44-68H2,1-3H3/b11-8-,20-17-,29-26-,42-39-,43-27-. The maximum atomic E-state index is 12.9. The third kappa shape index (κ3) is 63.9. The van der Waals surface area contributed by atoms with Crippen LogP contribution in [0.5, 0.6) is 0 Å². The number of hydrogen-bond donors (Lipinski definition) is 0. The van der Waals surface area contributed by atoms with Gasteiger partial charge in [-0.15, -0.1) is 0 Å². The van der Waals surface area contributed by atoms with Crippen LogP contribution in [0.15, 0.2) is 60.8 Å². The van der Waals surface area contributed by atoms with Gasteiger partial charge in [0.15, 0.2) is 6.10 Å². The van der Waals surface area contributed by atoms with Crippen molar-refractivity contribution < 1.29 is 28.6 Å². The normalized spacial score (nSPS) is 12.4. The van der Waals surface area contributed by atoms with E-state index in [0.717, 1.165) is 103 Å². The number of unbranched alkanes of at least 4 members (excludes halogenated alkanes) is 42. The lowest BCUT2D eigenvalue weighted by Crippen LogP contribution is -2.30. The number of allylic oxidation sites excluding steroid dienone is 10. The van der Waals surface area contributed by atoms with Crippen molar-refractivity contribution in [2.24, 2.45) is 0 Å². The first-order valence-electron chi connectivity index (χ1n) is 34.3. The summed E-state index contributed by atoms with van der Waals surface area (Å²) in [5, 5.41) is 0. The van der Waals surface area contributed by atoms with Crippen LogP contribution in [0.1, 0.15) is 361 Å². The zero-order chi connectivity index (χ0) is 56.4. The second-order valence-electron chi connectivity index (χ2n) is 23.1. The van der Waals surface area contributed by atoms with Crippen molar-refractivity contribution in [3.05, 3.63) is 60.8 Å². The molecule has 0 bridgehead atoms. The van der Waals surface area contributed by atoms with Gasteiger partial charge in [-0.1, -0.05) is 319 Å². The lowest BCUT2D eigenvalue weighted by Gasteiger charge is -2.18. The highest BCUT2D eigenvalue weighted by molar-refractivity contribution is 5.71. The van der Waals surface area contributed by atoms with E-state index in [1.54, 1.807) is 0 Å². The van der Waals surface area contributed by atoms with Gasteiger partial charge in [-0.3, -0.25) is 14.4 Å². The molecule has 0 aliphatic rings. The molecule has 0 N–H and O–H groups in total. The molecule has 0 aromatic heterocycles. The Kier molecular flexibility index (Phi) is 64.2. The van der Waals surface area contributed by atoms with Gasteiger partial charge in [0.25, 0.3) is 0 Å². The molecule has 6 heteroatoms. The Morgan fingerprint density at radius 1 is 0.269 bits per heavy atom. The molecule has 0 spiro atoms. The number of ether oxygens (including phenoxy) is 3. The summed E-state index contributed by atoms with van der Waals surface area (Å²) in [4.78, 5) is 38.4. The van der Waals surface area contributed by atoms with Crippen LogP contribution in [0.3, 0.4) is 0 Å². The molecule has 0 saturated heterocycles. The lowest BCUT2D eigenvalue weighted by molar-refractivity contribution is -0.167. The first kappa shape index (κ1) is 75.1. The van der Waals surface area contributed by atoms with Gasteiger partial charge in [0.1, 0.15) is 13.2 Å². The first-order valence-corrected chi connectivity index (χ1v) is 34.3. The highest BCUT2D eigenvalue weighted by atomic mass is 16.6. The Labute approximate surface area is 485 Å². The molecule has 0 fully saturated rings.